The van der Waals surface area contributed by atoms with Gasteiger partial charge in [0.15, 0.2) is 0 Å². The molecular weight excluding hydrogens is 228 g/mol. The van der Waals surface area contributed by atoms with E-state index < -0.39 is 0 Å². The molecule has 18 heavy (non-hydrogen) atoms. The average Bonchev–Trinajstić information content (AvgIpc) is 2.40. The molecular formula is C13H20N4O. The summed E-state index contributed by atoms with van der Waals surface area (Å²) in [6.45, 7) is 1.88. The smallest absolute Gasteiger partial charge is 0.317 e. The first kappa shape index (κ1) is 12.7. The van der Waals surface area contributed by atoms with Gasteiger partial charge in [-0.15, -0.1) is 0 Å². The molecule has 1 aromatic heterocycles. The van der Waals surface area contributed by atoms with Crippen LogP contribution in [0.2, 0.25) is 0 Å². The highest BCUT2D eigenvalue weighted by Crippen LogP contribution is 2.17. The minimum absolute atomic E-state index is 0.00807. The summed E-state index contributed by atoms with van der Waals surface area (Å²) in [5.74, 6) is 1.02. The molecule has 2 heterocycles. The lowest BCUT2D eigenvalue weighted by Crippen LogP contribution is -2.47. The average molecular weight is 248 g/mol. The van der Waals surface area contributed by atoms with Gasteiger partial charge in [-0.3, -0.25) is 0 Å². The van der Waals surface area contributed by atoms with Gasteiger partial charge in [0.2, 0.25) is 0 Å². The molecule has 2 amide bonds. The monoisotopic (exact) mass is 248 g/mol. The molecule has 1 fully saturated rings. The third-order valence-electron chi connectivity index (χ3n) is 3.20. The Balaban J connectivity index is 1.83. The molecule has 0 aromatic carbocycles. The van der Waals surface area contributed by atoms with Crippen LogP contribution >= 0.6 is 0 Å². The number of nitrogens with zero attached hydrogens (tertiary/aromatic N) is 3. The molecule has 98 valence electrons. The Bertz CT molecular complexity index is 385. The highest BCUT2D eigenvalue weighted by Gasteiger charge is 2.21. The van der Waals surface area contributed by atoms with E-state index in [2.05, 4.69) is 15.2 Å². The lowest BCUT2D eigenvalue weighted by atomic mass is 10.1. The molecule has 5 nitrogen and oxygen atoms in total. The van der Waals surface area contributed by atoms with Crippen molar-refractivity contribution < 1.29 is 4.79 Å². The number of rotatable bonds is 2. The van der Waals surface area contributed by atoms with Crippen molar-refractivity contribution >= 4 is 11.8 Å². The lowest BCUT2D eigenvalue weighted by Gasteiger charge is -2.33. The van der Waals surface area contributed by atoms with Crippen LogP contribution in [0, 0.1) is 0 Å². The Morgan fingerprint density at radius 2 is 2.11 bits per heavy atom. The van der Waals surface area contributed by atoms with Crippen molar-refractivity contribution in [1.82, 2.24) is 15.2 Å². The number of carbonyl (C=O) groups is 1. The van der Waals surface area contributed by atoms with Gasteiger partial charge in [0.25, 0.3) is 0 Å². The zero-order valence-electron chi connectivity index (χ0n) is 11.0. The highest BCUT2D eigenvalue weighted by atomic mass is 16.2. The lowest BCUT2D eigenvalue weighted by molar-refractivity contribution is 0.210. The fraction of sp³-hybridized carbons (Fsp3) is 0.538. The molecule has 0 saturated carbocycles. The second-order valence-electron chi connectivity index (χ2n) is 4.79. The summed E-state index contributed by atoms with van der Waals surface area (Å²) in [4.78, 5) is 19.7. The van der Waals surface area contributed by atoms with Crippen LogP contribution in [0.1, 0.15) is 12.8 Å². The maximum atomic E-state index is 11.6. The Labute approximate surface area is 108 Å². The molecule has 1 N–H and O–H groups in total. The van der Waals surface area contributed by atoms with Crippen LogP contribution in [0.5, 0.6) is 0 Å². The van der Waals surface area contributed by atoms with Crippen LogP contribution in [0.15, 0.2) is 24.4 Å². The van der Waals surface area contributed by atoms with Crippen molar-refractivity contribution in [3.8, 4) is 0 Å². The van der Waals surface area contributed by atoms with Gasteiger partial charge in [0, 0.05) is 39.4 Å². The van der Waals surface area contributed by atoms with E-state index in [0.29, 0.717) is 0 Å². The third kappa shape index (κ3) is 3.12. The number of hydrogen-bond donors (Lipinski definition) is 1. The molecule has 0 aliphatic carbocycles. The Morgan fingerprint density at radius 1 is 1.39 bits per heavy atom. The second kappa shape index (κ2) is 5.71. The molecule has 0 unspecified atom stereocenters. The molecule has 1 aliphatic rings. The number of nitrogens with one attached hydrogen (secondary N) is 1. The highest BCUT2D eigenvalue weighted by molar-refractivity contribution is 5.73. The van der Waals surface area contributed by atoms with Crippen LogP contribution in [-0.4, -0.2) is 49.1 Å². The molecule has 1 aromatic rings. The van der Waals surface area contributed by atoms with Crippen molar-refractivity contribution in [1.29, 1.82) is 0 Å². The minimum atomic E-state index is -0.00807. The molecule has 0 bridgehead atoms. The fourth-order valence-corrected chi connectivity index (χ4v) is 2.10. The Morgan fingerprint density at radius 3 is 2.67 bits per heavy atom. The van der Waals surface area contributed by atoms with Gasteiger partial charge in [-0.25, -0.2) is 9.78 Å². The van der Waals surface area contributed by atoms with Crippen LogP contribution < -0.4 is 10.2 Å². The fourth-order valence-electron chi connectivity index (χ4n) is 2.10. The van der Waals surface area contributed by atoms with E-state index in [1.165, 1.54) is 0 Å². The van der Waals surface area contributed by atoms with E-state index in [0.717, 1.165) is 31.7 Å². The number of aromatic nitrogens is 1. The molecule has 0 radical (unpaired) electrons. The molecule has 2 rings (SSSR count). The summed E-state index contributed by atoms with van der Waals surface area (Å²) in [6.07, 6.45) is 3.75. The van der Waals surface area contributed by atoms with Crippen LogP contribution in [0.4, 0.5) is 10.6 Å². The zero-order chi connectivity index (χ0) is 13.0. The summed E-state index contributed by atoms with van der Waals surface area (Å²) in [5, 5.41) is 3.03. The topological polar surface area (TPSA) is 48.5 Å². The van der Waals surface area contributed by atoms with E-state index in [1.54, 1.807) is 19.0 Å². The number of hydrogen-bond acceptors (Lipinski definition) is 3. The number of amides is 2. The van der Waals surface area contributed by atoms with Gasteiger partial charge in [0.1, 0.15) is 5.82 Å². The standard InChI is InChI=1S/C13H20N4O/c1-16(2)13(18)15-11-6-9-17(10-7-11)12-5-3-4-8-14-12/h3-5,8,11H,6-7,9-10H2,1-2H3,(H,15,18). The van der Waals surface area contributed by atoms with Crippen molar-refractivity contribution in [2.24, 2.45) is 0 Å². The number of urea groups is 1. The number of pyridine rings is 1. The van der Waals surface area contributed by atoms with E-state index in [1.807, 2.05) is 24.4 Å². The summed E-state index contributed by atoms with van der Waals surface area (Å²) in [7, 11) is 3.52. The molecule has 0 spiro atoms. The van der Waals surface area contributed by atoms with Crippen molar-refractivity contribution in [3.63, 3.8) is 0 Å². The van der Waals surface area contributed by atoms with Gasteiger partial charge in [-0.1, -0.05) is 6.07 Å². The van der Waals surface area contributed by atoms with Crippen molar-refractivity contribution in [3.05, 3.63) is 24.4 Å². The number of carbonyl (C=O) groups excluding carboxylic acids is 1. The van der Waals surface area contributed by atoms with Crippen LogP contribution in [-0.2, 0) is 0 Å². The van der Waals surface area contributed by atoms with E-state index in [9.17, 15) is 4.79 Å². The first-order valence-corrected chi connectivity index (χ1v) is 6.30. The van der Waals surface area contributed by atoms with Gasteiger partial charge in [-0.05, 0) is 25.0 Å². The largest absolute Gasteiger partial charge is 0.356 e. The van der Waals surface area contributed by atoms with E-state index in [-0.39, 0.29) is 12.1 Å². The SMILES string of the molecule is CN(C)C(=O)NC1CCN(c2ccccn2)CC1. The predicted octanol–water partition coefficient (Wildman–Crippen LogP) is 1.32. The number of anilines is 1. The van der Waals surface area contributed by atoms with Gasteiger partial charge >= 0.3 is 6.03 Å². The first-order chi connectivity index (χ1) is 8.66. The quantitative estimate of drug-likeness (QED) is 0.858. The van der Waals surface area contributed by atoms with Gasteiger partial charge in [-0.2, -0.15) is 0 Å². The van der Waals surface area contributed by atoms with Gasteiger partial charge in [0.05, 0.1) is 0 Å². The third-order valence-corrected chi connectivity index (χ3v) is 3.20. The molecule has 1 saturated heterocycles. The zero-order valence-corrected chi connectivity index (χ0v) is 11.0. The van der Waals surface area contributed by atoms with E-state index >= 15 is 0 Å². The maximum absolute atomic E-state index is 11.6. The minimum Gasteiger partial charge on any atom is -0.356 e. The summed E-state index contributed by atoms with van der Waals surface area (Å²) in [5.41, 5.74) is 0. The van der Waals surface area contributed by atoms with Crippen LogP contribution in [0.3, 0.4) is 0 Å². The van der Waals surface area contributed by atoms with E-state index in [4.69, 9.17) is 0 Å². The summed E-state index contributed by atoms with van der Waals surface area (Å²) < 4.78 is 0. The predicted molar refractivity (Wildman–Crippen MR) is 71.7 cm³/mol. The summed E-state index contributed by atoms with van der Waals surface area (Å²) in [6, 6.07) is 6.22. The van der Waals surface area contributed by atoms with Gasteiger partial charge < -0.3 is 15.1 Å². The second-order valence-corrected chi connectivity index (χ2v) is 4.79. The Hall–Kier alpha value is -1.78. The normalized spacial score (nSPS) is 16.4. The summed E-state index contributed by atoms with van der Waals surface area (Å²) >= 11 is 0. The molecule has 1 aliphatic heterocycles. The molecule has 5 heteroatoms. The van der Waals surface area contributed by atoms with Crippen molar-refractivity contribution in [2.45, 2.75) is 18.9 Å². The van der Waals surface area contributed by atoms with Crippen LogP contribution in [0.25, 0.3) is 0 Å². The molecule has 0 atom stereocenters. The number of piperidine rings is 1. The Kier molecular flexibility index (Phi) is 4.02. The maximum Gasteiger partial charge on any atom is 0.317 e. The first-order valence-electron chi connectivity index (χ1n) is 6.30. The van der Waals surface area contributed by atoms with Crippen molar-refractivity contribution in [2.75, 3.05) is 32.1 Å².